The Bertz CT molecular complexity index is 550. The third-order valence-corrected chi connectivity index (χ3v) is 3.23. The molecule has 0 aliphatic carbocycles. The zero-order valence-corrected chi connectivity index (χ0v) is 11.8. The van der Waals surface area contributed by atoms with Crippen LogP contribution in [0.3, 0.4) is 0 Å². The van der Waals surface area contributed by atoms with Gasteiger partial charge in [-0.1, -0.05) is 6.92 Å². The molecule has 1 N–H and O–H groups in total. The van der Waals surface area contributed by atoms with E-state index in [4.69, 9.17) is 0 Å². The van der Waals surface area contributed by atoms with Crippen molar-refractivity contribution in [3.05, 3.63) is 40.2 Å². The number of benzene rings is 1. The van der Waals surface area contributed by atoms with E-state index in [2.05, 4.69) is 31.2 Å². The van der Waals surface area contributed by atoms with Gasteiger partial charge in [-0.3, -0.25) is 0 Å². The van der Waals surface area contributed by atoms with Gasteiger partial charge in [0, 0.05) is 28.8 Å². The van der Waals surface area contributed by atoms with Gasteiger partial charge < -0.3 is 5.32 Å². The lowest BCUT2D eigenvalue weighted by Gasteiger charge is -2.08. The summed E-state index contributed by atoms with van der Waals surface area (Å²) in [5.74, 6) is 1.06. The second kappa shape index (κ2) is 5.44. The van der Waals surface area contributed by atoms with Crippen LogP contribution in [0.15, 0.2) is 28.7 Å². The smallest absolute Gasteiger partial charge is 0.162 e. The normalized spacial score (nSPS) is 10.4. The molecular weight excluding hydrogens is 297 g/mol. The van der Waals surface area contributed by atoms with E-state index in [1.54, 1.807) is 6.07 Å². The van der Waals surface area contributed by atoms with E-state index < -0.39 is 0 Å². The summed E-state index contributed by atoms with van der Waals surface area (Å²) in [6.07, 6.45) is 0.822. The van der Waals surface area contributed by atoms with Crippen LogP contribution in [0, 0.1) is 5.82 Å². The molecule has 0 aliphatic heterocycles. The fourth-order valence-electron chi connectivity index (χ4n) is 1.60. The van der Waals surface area contributed by atoms with Crippen molar-refractivity contribution >= 4 is 21.7 Å². The van der Waals surface area contributed by atoms with Crippen LogP contribution in [0.5, 0.6) is 0 Å². The summed E-state index contributed by atoms with van der Waals surface area (Å²) in [5.41, 5.74) is 1.73. The molecule has 2 rings (SSSR count). The van der Waals surface area contributed by atoms with E-state index in [1.165, 1.54) is 12.1 Å². The molecule has 2 aromatic rings. The van der Waals surface area contributed by atoms with E-state index >= 15 is 0 Å². The molecule has 1 heterocycles. The maximum Gasteiger partial charge on any atom is 0.162 e. The molecule has 0 aliphatic rings. The fourth-order valence-corrected chi connectivity index (χ4v) is 2.13. The molecule has 0 fully saturated rings. The minimum Gasteiger partial charge on any atom is -0.373 e. The summed E-state index contributed by atoms with van der Waals surface area (Å²) >= 11 is 3.34. The predicted octanol–water partition coefficient (Wildman–Crippen LogP) is 3.65. The monoisotopic (exact) mass is 309 g/mol. The van der Waals surface area contributed by atoms with Crippen LogP contribution in [-0.4, -0.2) is 17.0 Å². The van der Waals surface area contributed by atoms with Crippen LogP contribution < -0.4 is 5.32 Å². The Balaban J connectivity index is 2.55. The molecule has 0 bridgehead atoms. The molecule has 18 heavy (non-hydrogen) atoms. The summed E-state index contributed by atoms with van der Waals surface area (Å²) in [4.78, 5) is 8.84. The Hall–Kier alpha value is -1.49. The van der Waals surface area contributed by atoms with Crippen LogP contribution in [0.1, 0.15) is 12.6 Å². The molecular formula is C13H13BrFN3. The largest absolute Gasteiger partial charge is 0.373 e. The number of aromatic nitrogens is 2. The number of rotatable bonds is 3. The molecule has 0 unspecified atom stereocenters. The summed E-state index contributed by atoms with van der Waals surface area (Å²) in [6, 6.07) is 6.39. The molecule has 94 valence electrons. The number of hydrogen-bond donors (Lipinski definition) is 1. The van der Waals surface area contributed by atoms with Crippen molar-refractivity contribution in [2.24, 2.45) is 0 Å². The standard InChI is InChI=1S/C13H13BrFN3/c1-3-9-7-12(16-2)18-13(17-9)10-5-4-8(15)6-11(10)14/h4-7H,3H2,1-2H3,(H,16,17,18). The average Bonchev–Trinajstić information content (AvgIpc) is 2.38. The Labute approximate surface area is 114 Å². The summed E-state index contributed by atoms with van der Waals surface area (Å²) in [6.45, 7) is 2.03. The molecule has 0 amide bonds. The number of aryl methyl sites for hydroxylation is 1. The first-order valence-corrected chi connectivity index (χ1v) is 6.44. The Morgan fingerprint density at radius 3 is 2.67 bits per heavy atom. The van der Waals surface area contributed by atoms with Crippen molar-refractivity contribution in [2.45, 2.75) is 13.3 Å². The van der Waals surface area contributed by atoms with Crippen LogP contribution in [0.2, 0.25) is 0 Å². The molecule has 0 spiro atoms. The highest BCUT2D eigenvalue weighted by Crippen LogP contribution is 2.27. The minimum absolute atomic E-state index is 0.286. The first-order valence-electron chi connectivity index (χ1n) is 5.65. The molecule has 5 heteroatoms. The van der Waals surface area contributed by atoms with Crippen molar-refractivity contribution in [1.29, 1.82) is 0 Å². The summed E-state index contributed by atoms with van der Waals surface area (Å²) < 4.78 is 13.7. The van der Waals surface area contributed by atoms with Gasteiger partial charge in [0.15, 0.2) is 5.82 Å². The van der Waals surface area contributed by atoms with Gasteiger partial charge in [0.2, 0.25) is 0 Å². The number of nitrogens with one attached hydrogen (secondary N) is 1. The second-order valence-corrected chi connectivity index (χ2v) is 4.65. The van der Waals surface area contributed by atoms with Gasteiger partial charge in [0.25, 0.3) is 0 Å². The van der Waals surface area contributed by atoms with Crippen molar-refractivity contribution in [1.82, 2.24) is 9.97 Å². The van der Waals surface area contributed by atoms with Crippen LogP contribution in [-0.2, 0) is 6.42 Å². The van der Waals surface area contributed by atoms with Crippen LogP contribution in [0.4, 0.5) is 10.2 Å². The van der Waals surface area contributed by atoms with E-state index in [-0.39, 0.29) is 5.82 Å². The summed E-state index contributed by atoms with van der Waals surface area (Å²) in [7, 11) is 1.81. The van der Waals surface area contributed by atoms with Gasteiger partial charge in [-0.25, -0.2) is 14.4 Å². The van der Waals surface area contributed by atoms with Crippen molar-refractivity contribution in [2.75, 3.05) is 12.4 Å². The fraction of sp³-hybridized carbons (Fsp3) is 0.231. The molecule has 0 atom stereocenters. The lowest BCUT2D eigenvalue weighted by atomic mass is 10.2. The molecule has 0 saturated carbocycles. The van der Waals surface area contributed by atoms with Gasteiger partial charge in [-0.2, -0.15) is 0 Å². The van der Waals surface area contributed by atoms with Crippen LogP contribution in [0.25, 0.3) is 11.4 Å². The van der Waals surface area contributed by atoms with Gasteiger partial charge in [0.05, 0.1) is 0 Å². The van der Waals surface area contributed by atoms with E-state index in [9.17, 15) is 4.39 Å². The van der Waals surface area contributed by atoms with Crippen LogP contribution >= 0.6 is 15.9 Å². The molecule has 0 radical (unpaired) electrons. The third-order valence-electron chi connectivity index (χ3n) is 2.57. The molecule has 3 nitrogen and oxygen atoms in total. The van der Waals surface area contributed by atoms with Crippen molar-refractivity contribution in [3.63, 3.8) is 0 Å². The number of anilines is 1. The summed E-state index contributed by atoms with van der Waals surface area (Å²) in [5, 5.41) is 3.00. The maximum absolute atomic E-state index is 13.1. The van der Waals surface area contributed by atoms with Gasteiger partial charge >= 0.3 is 0 Å². The van der Waals surface area contributed by atoms with Crippen molar-refractivity contribution in [3.8, 4) is 11.4 Å². The van der Waals surface area contributed by atoms with Gasteiger partial charge in [-0.05, 0) is 40.5 Å². The SMILES string of the molecule is CCc1cc(NC)nc(-c2ccc(F)cc2Br)n1. The lowest BCUT2D eigenvalue weighted by molar-refractivity contribution is 0.627. The number of halogens is 2. The average molecular weight is 310 g/mol. The van der Waals surface area contributed by atoms with Gasteiger partial charge in [-0.15, -0.1) is 0 Å². The van der Waals surface area contributed by atoms with E-state index in [1.807, 2.05) is 20.0 Å². The predicted molar refractivity (Wildman–Crippen MR) is 74.1 cm³/mol. The second-order valence-electron chi connectivity index (χ2n) is 3.80. The van der Waals surface area contributed by atoms with Crippen molar-refractivity contribution < 1.29 is 4.39 Å². The highest BCUT2D eigenvalue weighted by atomic mass is 79.9. The number of hydrogen-bond acceptors (Lipinski definition) is 3. The highest BCUT2D eigenvalue weighted by molar-refractivity contribution is 9.10. The van der Waals surface area contributed by atoms with E-state index in [0.717, 1.165) is 23.5 Å². The third kappa shape index (κ3) is 2.67. The highest BCUT2D eigenvalue weighted by Gasteiger charge is 2.09. The zero-order chi connectivity index (χ0) is 13.1. The lowest BCUT2D eigenvalue weighted by Crippen LogP contribution is -2.00. The molecule has 1 aromatic carbocycles. The quantitative estimate of drug-likeness (QED) is 0.940. The minimum atomic E-state index is -0.286. The maximum atomic E-state index is 13.1. The Kier molecular flexibility index (Phi) is 3.91. The number of nitrogens with zero attached hydrogens (tertiary/aromatic N) is 2. The zero-order valence-electron chi connectivity index (χ0n) is 10.2. The first-order chi connectivity index (χ1) is 8.63. The Morgan fingerprint density at radius 1 is 1.28 bits per heavy atom. The van der Waals surface area contributed by atoms with E-state index in [0.29, 0.717) is 10.3 Å². The molecule has 0 saturated heterocycles. The first kappa shape index (κ1) is 13.0. The topological polar surface area (TPSA) is 37.8 Å². The van der Waals surface area contributed by atoms with Gasteiger partial charge in [0.1, 0.15) is 11.6 Å². The Morgan fingerprint density at radius 2 is 2.06 bits per heavy atom. The molecule has 1 aromatic heterocycles.